The lowest BCUT2D eigenvalue weighted by atomic mass is 10.3. The minimum absolute atomic E-state index is 0.133. The van der Waals surface area contributed by atoms with Gasteiger partial charge in [0.25, 0.3) is 0 Å². The number of hydrogen-bond donors (Lipinski definition) is 2. The molecule has 0 saturated heterocycles. The van der Waals surface area contributed by atoms with Crippen molar-refractivity contribution >= 4 is 17.6 Å². The highest BCUT2D eigenvalue weighted by Gasteiger charge is 2.17. The van der Waals surface area contributed by atoms with Crippen LogP contribution in [0.15, 0.2) is 54.6 Å². The number of nitrogen functional groups attached to an aromatic ring is 1. The Labute approximate surface area is 163 Å². The number of nitrogens with zero attached hydrogens (tertiary/aromatic N) is 4. The number of rotatable bonds is 8. The first-order valence-electron chi connectivity index (χ1n) is 8.94. The molecule has 7 nitrogen and oxygen atoms in total. The number of nitrogens with one attached hydrogen (secondary N) is 1. The van der Waals surface area contributed by atoms with Crippen LogP contribution in [0.5, 0.6) is 5.75 Å². The number of aromatic nitrogens is 3. The Morgan fingerprint density at radius 3 is 2.54 bits per heavy atom. The molecular weight excluding hydrogens is 359 g/mol. The van der Waals surface area contributed by atoms with Crippen molar-refractivity contribution in [1.29, 1.82) is 0 Å². The topological polar surface area (TPSA) is 89.2 Å². The van der Waals surface area contributed by atoms with Gasteiger partial charge < -0.3 is 15.8 Å². The molecule has 0 bridgehead atoms. The summed E-state index contributed by atoms with van der Waals surface area (Å²) in [6.07, 6.45) is 0. The zero-order chi connectivity index (χ0) is 19.9. The Morgan fingerprint density at radius 1 is 1.07 bits per heavy atom. The number of nitrogens with two attached hydrogens (primary N) is 1. The number of halogens is 1. The van der Waals surface area contributed by atoms with Gasteiger partial charge in [0.1, 0.15) is 6.61 Å². The minimum Gasteiger partial charge on any atom is -0.489 e. The highest BCUT2D eigenvalue weighted by molar-refractivity contribution is 5.53. The summed E-state index contributed by atoms with van der Waals surface area (Å²) in [6.45, 7) is 2.85. The fourth-order valence-corrected chi connectivity index (χ4v) is 2.55. The summed E-state index contributed by atoms with van der Waals surface area (Å²) in [6, 6.07) is 15.8. The maximum Gasteiger partial charge on any atom is 0.232 e. The van der Waals surface area contributed by atoms with E-state index in [0.29, 0.717) is 24.9 Å². The molecule has 0 fully saturated rings. The maximum atomic E-state index is 13.6. The van der Waals surface area contributed by atoms with Gasteiger partial charge in [0.05, 0.1) is 6.04 Å². The van der Waals surface area contributed by atoms with Gasteiger partial charge in [0.15, 0.2) is 17.4 Å². The number of likely N-dealkylation sites (N-methyl/N-ethyl adjacent to an activating group) is 1. The lowest BCUT2D eigenvalue weighted by Gasteiger charge is -2.23. The van der Waals surface area contributed by atoms with Crippen molar-refractivity contribution in [3.05, 3.63) is 66.2 Å². The smallest absolute Gasteiger partial charge is 0.232 e. The molecular formula is C20H23FN6O. The number of benzene rings is 2. The van der Waals surface area contributed by atoms with Crippen molar-refractivity contribution in [3.63, 3.8) is 0 Å². The van der Waals surface area contributed by atoms with Crippen LogP contribution in [0.2, 0.25) is 0 Å². The fourth-order valence-electron chi connectivity index (χ4n) is 2.55. The summed E-state index contributed by atoms with van der Waals surface area (Å²) in [5, 5.41) is 3.12. The van der Waals surface area contributed by atoms with Crippen LogP contribution in [0.25, 0.3) is 0 Å². The minimum atomic E-state index is -0.375. The molecule has 1 atom stereocenters. The number of hydrogen-bond acceptors (Lipinski definition) is 7. The van der Waals surface area contributed by atoms with Crippen LogP contribution in [0.4, 0.5) is 22.0 Å². The second-order valence-electron chi connectivity index (χ2n) is 6.30. The molecule has 3 rings (SSSR count). The van der Waals surface area contributed by atoms with Crippen molar-refractivity contribution in [1.82, 2.24) is 19.9 Å². The molecule has 0 spiro atoms. The Morgan fingerprint density at radius 2 is 1.79 bits per heavy atom. The highest BCUT2D eigenvalue weighted by atomic mass is 19.1. The van der Waals surface area contributed by atoms with Crippen molar-refractivity contribution in [2.45, 2.75) is 13.0 Å². The summed E-state index contributed by atoms with van der Waals surface area (Å²) in [5.41, 5.74) is 6.72. The van der Waals surface area contributed by atoms with Crippen molar-refractivity contribution < 1.29 is 9.13 Å². The van der Waals surface area contributed by atoms with E-state index in [-0.39, 0.29) is 23.6 Å². The van der Waals surface area contributed by atoms with E-state index in [1.54, 1.807) is 18.2 Å². The molecule has 1 heterocycles. The van der Waals surface area contributed by atoms with Gasteiger partial charge in [-0.2, -0.15) is 15.0 Å². The van der Waals surface area contributed by atoms with Gasteiger partial charge in [-0.1, -0.05) is 30.3 Å². The summed E-state index contributed by atoms with van der Waals surface area (Å²) in [7, 11) is 1.92. The molecule has 8 heteroatoms. The average Bonchev–Trinajstić information content (AvgIpc) is 2.69. The van der Waals surface area contributed by atoms with Gasteiger partial charge in [-0.05, 0) is 38.2 Å². The third-order valence-corrected chi connectivity index (χ3v) is 4.27. The van der Waals surface area contributed by atoms with Crippen molar-refractivity contribution in [2.24, 2.45) is 0 Å². The molecule has 0 aliphatic heterocycles. The van der Waals surface area contributed by atoms with E-state index in [4.69, 9.17) is 10.5 Å². The van der Waals surface area contributed by atoms with Crippen LogP contribution in [0.3, 0.4) is 0 Å². The molecule has 3 N–H and O–H groups in total. The molecule has 28 heavy (non-hydrogen) atoms. The number of ether oxygens (including phenoxy) is 1. The highest BCUT2D eigenvalue weighted by Crippen LogP contribution is 2.19. The molecule has 0 radical (unpaired) electrons. The first-order chi connectivity index (χ1) is 13.5. The van der Waals surface area contributed by atoms with Crippen LogP contribution < -0.4 is 15.8 Å². The van der Waals surface area contributed by atoms with E-state index in [2.05, 4.69) is 20.3 Å². The first-order valence-corrected chi connectivity index (χ1v) is 8.94. The summed E-state index contributed by atoms with van der Waals surface area (Å²) >= 11 is 0. The lowest BCUT2D eigenvalue weighted by molar-refractivity contribution is 0.192. The average molecular weight is 382 g/mol. The van der Waals surface area contributed by atoms with Gasteiger partial charge in [-0.25, -0.2) is 4.39 Å². The third kappa shape index (κ3) is 5.14. The monoisotopic (exact) mass is 382 g/mol. The standard InChI is InChI=1S/C20H23FN6O/c1-14(27(2)12-13-28-17-11-7-6-10-16(17)21)18-24-19(22)26-20(25-18)23-15-8-4-3-5-9-15/h3-11,14H,12-13H2,1-2H3,(H3,22,23,24,25,26)/t14-/m1/s1. The molecule has 3 aromatic rings. The van der Waals surface area contributed by atoms with Crippen LogP contribution >= 0.6 is 0 Å². The quantitative estimate of drug-likeness (QED) is 0.617. The Bertz CT molecular complexity index is 908. The molecule has 1 aromatic heterocycles. The van der Waals surface area contributed by atoms with E-state index in [1.807, 2.05) is 49.2 Å². The van der Waals surface area contributed by atoms with E-state index in [0.717, 1.165) is 5.69 Å². The van der Waals surface area contributed by atoms with Gasteiger partial charge in [0.2, 0.25) is 11.9 Å². The van der Waals surface area contributed by atoms with Gasteiger partial charge >= 0.3 is 0 Å². The number of para-hydroxylation sites is 2. The molecule has 0 aliphatic carbocycles. The van der Waals surface area contributed by atoms with E-state index < -0.39 is 0 Å². The van der Waals surface area contributed by atoms with Crippen LogP contribution in [-0.4, -0.2) is 40.1 Å². The van der Waals surface area contributed by atoms with Gasteiger partial charge in [0, 0.05) is 12.2 Å². The zero-order valence-corrected chi connectivity index (χ0v) is 15.8. The maximum absolute atomic E-state index is 13.6. The van der Waals surface area contributed by atoms with E-state index in [9.17, 15) is 4.39 Å². The molecule has 0 saturated carbocycles. The normalized spacial score (nSPS) is 12.0. The van der Waals surface area contributed by atoms with Gasteiger partial charge in [-0.3, -0.25) is 4.90 Å². The molecule has 0 aliphatic rings. The first kappa shape index (κ1) is 19.5. The second-order valence-corrected chi connectivity index (χ2v) is 6.30. The predicted molar refractivity (Wildman–Crippen MR) is 107 cm³/mol. The van der Waals surface area contributed by atoms with Gasteiger partial charge in [-0.15, -0.1) is 0 Å². The lowest BCUT2D eigenvalue weighted by Crippen LogP contribution is -2.29. The molecule has 146 valence electrons. The molecule has 0 amide bonds. The van der Waals surface area contributed by atoms with Crippen LogP contribution in [0.1, 0.15) is 18.8 Å². The fraction of sp³-hybridized carbons (Fsp3) is 0.250. The summed E-state index contributed by atoms with van der Waals surface area (Å²) in [4.78, 5) is 14.9. The zero-order valence-electron chi connectivity index (χ0n) is 15.8. The number of anilines is 3. The molecule has 2 aromatic carbocycles. The van der Waals surface area contributed by atoms with E-state index >= 15 is 0 Å². The van der Waals surface area contributed by atoms with E-state index in [1.165, 1.54) is 6.07 Å². The van der Waals surface area contributed by atoms with Crippen molar-refractivity contribution in [2.75, 3.05) is 31.2 Å². The van der Waals surface area contributed by atoms with Crippen LogP contribution in [-0.2, 0) is 0 Å². The predicted octanol–water partition coefficient (Wildman–Crippen LogP) is 3.41. The van der Waals surface area contributed by atoms with Crippen molar-refractivity contribution in [3.8, 4) is 5.75 Å². The summed E-state index contributed by atoms with van der Waals surface area (Å²) < 4.78 is 19.1. The summed E-state index contributed by atoms with van der Waals surface area (Å²) in [5.74, 6) is 0.935. The molecule has 0 unspecified atom stereocenters. The SMILES string of the molecule is C[C@H](c1nc(N)nc(Nc2ccccc2)n1)N(C)CCOc1ccccc1F. The largest absolute Gasteiger partial charge is 0.489 e. The Hall–Kier alpha value is -3.26. The third-order valence-electron chi connectivity index (χ3n) is 4.27. The Kier molecular flexibility index (Phi) is 6.33. The second kappa shape index (κ2) is 9.09. The van der Waals surface area contributed by atoms with Crippen LogP contribution in [0, 0.1) is 5.82 Å². The Balaban J connectivity index is 1.62.